The van der Waals surface area contributed by atoms with Gasteiger partial charge in [0.25, 0.3) is 0 Å². The lowest BCUT2D eigenvalue weighted by molar-refractivity contribution is -0.0101. The van der Waals surface area contributed by atoms with Gasteiger partial charge in [-0.3, -0.25) is 0 Å². The highest BCUT2D eigenvalue weighted by Gasteiger charge is 2.08. The molecule has 2 N–H and O–H groups in total. The topological polar surface area (TPSA) is 50.7 Å². The quantitative estimate of drug-likeness (QED) is 0.483. The van der Waals surface area contributed by atoms with E-state index in [0.29, 0.717) is 26.4 Å². The molecule has 0 rings (SSSR count). The second kappa shape index (κ2) is 13.8. The first kappa shape index (κ1) is 19.8. The fraction of sp³-hybridized carbons (Fsp3) is 1.00. The number of aliphatic hydroxyl groups is 1. The van der Waals surface area contributed by atoms with Gasteiger partial charge in [0.05, 0.1) is 32.0 Å². The Morgan fingerprint density at radius 3 is 2.45 bits per heavy atom. The third kappa shape index (κ3) is 12.9. The van der Waals surface area contributed by atoms with Gasteiger partial charge in [0.2, 0.25) is 0 Å². The molecule has 4 nitrogen and oxygen atoms in total. The Kier molecular flexibility index (Phi) is 13.7. The maximum absolute atomic E-state index is 9.79. The van der Waals surface area contributed by atoms with Gasteiger partial charge in [-0.25, -0.2) is 0 Å². The maximum Gasteiger partial charge on any atom is 0.0897 e. The lowest BCUT2D eigenvalue weighted by Gasteiger charge is -2.17. The summed E-state index contributed by atoms with van der Waals surface area (Å²) in [5.74, 6) is 0.725. The largest absolute Gasteiger partial charge is 0.389 e. The molecule has 0 aromatic carbocycles. The summed E-state index contributed by atoms with van der Waals surface area (Å²) in [6, 6.07) is 0. The number of nitrogens with one attached hydrogen (secondary N) is 1. The van der Waals surface area contributed by atoms with Crippen LogP contribution in [-0.4, -0.2) is 50.2 Å². The van der Waals surface area contributed by atoms with Crippen molar-refractivity contribution in [3.63, 3.8) is 0 Å². The van der Waals surface area contributed by atoms with Crippen molar-refractivity contribution < 1.29 is 14.6 Å². The molecule has 0 aromatic rings. The third-order valence-corrected chi connectivity index (χ3v) is 3.35. The zero-order valence-corrected chi connectivity index (χ0v) is 13.9. The molecular formula is C16H35NO3. The minimum Gasteiger partial charge on any atom is -0.389 e. The number of aliphatic hydroxyl groups excluding tert-OH is 1. The summed E-state index contributed by atoms with van der Waals surface area (Å²) in [6.07, 6.45) is 4.83. The van der Waals surface area contributed by atoms with Gasteiger partial charge in [-0.15, -0.1) is 0 Å². The van der Waals surface area contributed by atoms with Gasteiger partial charge < -0.3 is 19.9 Å². The molecule has 0 radical (unpaired) electrons. The van der Waals surface area contributed by atoms with Crippen LogP contribution in [0.15, 0.2) is 0 Å². The van der Waals surface area contributed by atoms with Gasteiger partial charge in [-0.05, 0) is 32.7 Å². The van der Waals surface area contributed by atoms with Gasteiger partial charge in [-0.1, -0.05) is 33.1 Å². The van der Waals surface area contributed by atoms with E-state index in [0.717, 1.165) is 12.5 Å². The van der Waals surface area contributed by atoms with Crippen LogP contribution in [-0.2, 0) is 9.47 Å². The van der Waals surface area contributed by atoms with Crippen LogP contribution in [0.25, 0.3) is 0 Å². The van der Waals surface area contributed by atoms with E-state index in [9.17, 15) is 5.11 Å². The van der Waals surface area contributed by atoms with Crippen LogP contribution < -0.4 is 5.32 Å². The SMILES string of the molecule is CCCCC(CC)CNCC(O)COCCOC(C)C. The summed E-state index contributed by atoms with van der Waals surface area (Å²) in [7, 11) is 0. The van der Waals surface area contributed by atoms with Crippen molar-refractivity contribution in [1.82, 2.24) is 5.32 Å². The first-order chi connectivity index (χ1) is 9.60. The Morgan fingerprint density at radius 2 is 1.85 bits per heavy atom. The molecule has 0 saturated carbocycles. The van der Waals surface area contributed by atoms with E-state index in [1.165, 1.54) is 25.7 Å². The first-order valence-electron chi connectivity index (χ1n) is 8.18. The molecule has 0 aliphatic carbocycles. The number of rotatable bonds is 14. The van der Waals surface area contributed by atoms with E-state index in [1.807, 2.05) is 13.8 Å². The van der Waals surface area contributed by atoms with E-state index in [4.69, 9.17) is 9.47 Å². The van der Waals surface area contributed by atoms with Crippen molar-refractivity contribution in [1.29, 1.82) is 0 Å². The lowest BCUT2D eigenvalue weighted by Crippen LogP contribution is -2.33. The molecule has 0 spiro atoms. The highest BCUT2D eigenvalue weighted by atomic mass is 16.5. The van der Waals surface area contributed by atoms with E-state index in [2.05, 4.69) is 19.2 Å². The zero-order valence-electron chi connectivity index (χ0n) is 13.9. The zero-order chi connectivity index (χ0) is 15.2. The molecule has 0 heterocycles. The first-order valence-corrected chi connectivity index (χ1v) is 8.18. The molecule has 2 unspecified atom stereocenters. The summed E-state index contributed by atoms with van der Waals surface area (Å²) in [5, 5.41) is 13.1. The monoisotopic (exact) mass is 289 g/mol. The van der Waals surface area contributed by atoms with Crippen LogP contribution in [0.3, 0.4) is 0 Å². The number of unbranched alkanes of at least 4 members (excludes halogenated alkanes) is 1. The molecule has 0 saturated heterocycles. The van der Waals surface area contributed by atoms with Crippen molar-refractivity contribution in [2.45, 2.75) is 65.6 Å². The maximum atomic E-state index is 9.79. The van der Waals surface area contributed by atoms with Gasteiger partial charge in [0.15, 0.2) is 0 Å². The lowest BCUT2D eigenvalue weighted by atomic mass is 9.99. The Labute approximate surface area is 125 Å². The van der Waals surface area contributed by atoms with Crippen LogP contribution >= 0.6 is 0 Å². The highest BCUT2D eigenvalue weighted by molar-refractivity contribution is 4.64. The molecule has 0 bridgehead atoms. The molecular weight excluding hydrogens is 254 g/mol. The summed E-state index contributed by atoms with van der Waals surface area (Å²) in [4.78, 5) is 0. The summed E-state index contributed by atoms with van der Waals surface area (Å²) in [6.45, 7) is 11.6. The summed E-state index contributed by atoms with van der Waals surface area (Å²) in [5.41, 5.74) is 0. The standard InChI is InChI=1S/C16H35NO3/c1-5-7-8-15(6-2)11-17-12-16(18)13-19-9-10-20-14(3)4/h14-18H,5-13H2,1-4H3. The van der Waals surface area contributed by atoms with Crippen LogP contribution in [0.5, 0.6) is 0 Å². The second-order valence-corrected chi connectivity index (χ2v) is 5.72. The average molecular weight is 289 g/mol. The van der Waals surface area contributed by atoms with Crippen molar-refractivity contribution in [2.75, 3.05) is 32.9 Å². The van der Waals surface area contributed by atoms with Crippen molar-refractivity contribution in [2.24, 2.45) is 5.92 Å². The van der Waals surface area contributed by atoms with Gasteiger partial charge >= 0.3 is 0 Å². The highest BCUT2D eigenvalue weighted by Crippen LogP contribution is 2.10. The predicted molar refractivity (Wildman–Crippen MR) is 84.1 cm³/mol. The Balaban J connectivity index is 3.44. The fourth-order valence-corrected chi connectivity index (χ4v) is 2.02. The van der Waals surface area contributed by atoms with Crippen LogP contribution in [0, 0.1) is 5.92 Å². The van der Waals surface area contributed by atoms with Crippen LogP contribution in [0.2, 0.25) is 0 Å². The Bertz CT molecular complexity index is 200. The van der Waals surface area contributed by atoms with E-state index in [1.54, 1.807) is 0 Å². The molecule has 0 aliphatic heterocycles. The molecule has 0 amide bonds. The van der Waals surface area contributed by atoms with Crippen LogP contribution in [0.4, 0.5) is 0 Å². The van der Waals surface area contributed by atoms with E-state index < -0.39 is 6.10 Å². The summed E-state index contributed by atoms with van der Waals surface area (Å²) >= 11 is 0. The molecule has 0 fully saturated rings. The molecule has 122 valence electrons. The normalized spacial score (nSPS) is 14.7. The van der Waals surface area contributed by atoms with E-state index >= 15 is 0 Å². The second-order valence-electron chi connectivity index (χ2n) is 5.72. The smallest absolute Gasteiger partial charge is 0.0897 e. The molecule has 0 aliphatic rings. The Morgan fingerprint density at radius 1 is 1.10 bits per heavy atom. The minimum absolute atomic E-state index is 0.235. The third-order valence-electron chi connectivity index (χ3n) is 3.35. The van der Waals surface area contributed by atoms with E-state index in [-0.39, 0.29) is 6.10 Å². The van der Waals surface area contributed by atoms with Crippen molar-refractivity contribution in [3.05, 3.63) is 0 Å². The molecule has 2 atom stereocenters. The summed E-state index contributed by atoms with van der Waals surface area (Å²) < 4.78 is 10.7. The molecule has 20 heavy (non-hydrogen) atoms. The Hall–Kier alpha value is -0.160. The van der Waals surface area contributed by atoms with Gasteiger partial charge in [-0.2, -0.15) is 0 Å². The molecule has 4 heteroatoms. The minimum atomic E-state index is -0.433. The molecule has 0 aromatic heterocycles. The average Bonchev–Trinajstić information content (AvgIpc) is 2.41. The van der Waals surface area contributed by atoms with Gasteiger partial charge in [0, 0.05) is 6.54 Å². The number of ether oxygens (including phenoxy) is 2. The van der Waals surface area contributed by atoms with Crippen molar-refractivity contribution >= 4 is 0 Å². The predicted octanol–water partition coefficient (Wildman–Crippen LogP) is 2.59. The number of hydrogen-bond acceptors (Lipinski definition) is 4. The number of hydrogen-bond donors (Lipinski definition) is 2. The van der Waals surface area contributed by atoms with Crippen molar-refractivity contribution in [3.8, 4) is 0 Å². The van der Waals surface area contributed by atoms with Crippen LogP contribution in [0.1, 0.15) is 53.4 Å². The fourth-order valence-electron chi connectivity index (χ4n) is 2.02. The van der Waals surface area contributed by atoms with Gasteiger partial charge in [0.1, 0.15) is 0 Å².